The standard InChI is InChI=1S/C19H30N4O2.HI/c1-4-20-19(21-11-14-10-17(25-3)7-8-18(14)24)22-15-9-13(2)23(12-15)16-5-6-16;/h7-8,10,13,15-16,24H,4-6,9,11-12H2,1-3H3,(H2,20,21,22);1H. The first-order chi connectivity index (χ1) is 12.1. The first-order valence-corrected chi connectivity index (χ1v) is 9.27. The van der Waals surface area contributed by atoms with Crippen LogP contribution in [0.2, 0.25) is 0 Å². The summed E-state index contributed by atoms with van der Waals surface area (Å²) in [5.74, 6) is 1.78. The Labute approximate surface area is 173 Å². The van der Waals surface area contributed by atoms with Gasteiger partial charge in [-0.3, -0.25) is 4.90 Å². The third kappa shape index (κ3) is 5.39. The number of aliphatic imine (C=N–C) groups is 1. The van der Waals surface area contributed by atoms with Gasteiger partial charge in [-0.2, -0.15) is 0 Å². The highest BCUT2D eigenvalue weighted by Gasteiger charge is 2.38. The van der Waals surface area contributed by atoms with Crippen molar-refractivity contribution in [1.29, 1.82) is 0 Å². The van der Waals surface area contributed by atoms with Crippen molar-refractivity contribution in [2.45, 2.75) is 57.8 Å². The van der Waals surface area contributed by atoms with Crippen LogP contribution >= 0.6 is 24.0 Å². The fraction of sp³-hybridized carbons (Fsp3) is 0.632. The van der Waals surface area contributed by atoms with Gasteiger partial charge in [0.25, 0.3) is 0 Å². The average Bonchev–Trinajstić information content (AvgIpc) is 3.37. The Hall–Kier alpha value is -1.22. The third-order valence-electron chi connectivity index (χ3n) is 5.02. The van der Waals surface area contributed by atoms with Crippen LogP contribution in [0.15, 0.2) is 23.2 Å². The number of guanidine groups is 1. The lowest BCUT2D eigenvalue weighted by Crippen LogP contribution is -2.44. The Bertz CT molecular complexity index is 622. The third-order valence-corrected chi connectivity index (χ3v) is 5.02. The van der Waals surface area contributed by atoms with E-state index in [1.54, 1.807) is 19.2 Å². The van der Waals surface area contributed by atoms with Crippen LogP contribution in [0.1, 0.15) is 38.7 Å². The molecule has 2 unspecified atom stereocenters. The van der Waals surface area contributed by atoms with Crippen molar-refractivity contribution in [3.63, 3.8) is 0 Å². The molecule has 1 heterocycles. The van der Waals surface area contributed by atoms with E-state index in [2.05, 4.69) is 34.4 Å². The Morgan fingerprint density at radius 2 is 2.15 bits per heavy atom. The molecule has 1 aliphatic heterocycles. The molecule has 0 aromatic heterocycles. The van der Waals surface area contributed by atoms with Crippen LogP contribution < -0.4 is 15.4 Å². The second-order valence-corrected chi connectivity index (χ2v) is 7.04. The fourth-order valence-corrected chi connectivity index (χ4v) is 3.57. The molecule has 2 atom stereocenters. The Morgan fingerprint density at radius 1 is 1.38 bits per heavy atom. The lowest BCUT2D eigenvalue weighted by molar-refractivity contribution is 0.256. The summed E-state index contributed by atoms with van der Waals surface area (Å²) in [5.41, 5.74) is 0.760. The van der Waals surface area contributed by atoms with Crippen LogP contribution in [-0.2, 0) is 6.54 Å². The maximum atomic E-state index is 10.0. The SMILES string of the molecule is CCNC(=NCc1cc(OC)ccc1O)NC1CC(C)N(C2CC2)C1.I. The number of likely N-dealkylation sites (tertiary alicyclic amines) is 1. The van der Waals surface area contributed by atoms with E-state index < -0.39 is 0 Å². The lowest BCUT2D eigenvalue weighted by atomic mass is 10.2. The zero-order valence-electron chi connectivity index (χ0n) is 15.9. The highest BCUT2D eigenvalue weighted by Crippen LogP contribution is 2.33. The van der Waals surface area contributed by atoms with E-state index in [0.717, 1.165) is 42.8 Å². The maximum absolute atomic E-state index is 10.0. The summed E-state index contributed by atoms with van der Waals surface area (Å²) in [4.78, 5) is 7.27. The van der Waals surface area contributed by atoms with E-state index >= 15 is 0 Å². The van der Waals surface area contributed by atoms with Gasteiger partial charge in [-0.1, -0.05) is 0 Å². The van der Waals surface area contributed by atoms with Gasteiger partial charge < -0.3 is 20.5 Å². The highest BCUT2D eigenvalue weighted by molar-refractivity contribution is 14.0. The van der Waals surface area contributed by atoms with Crippen LogP contribution in [0, 0.1) is 0 Å². The summed E-state index contributed by atoms with van der Waals surface area (Å²) >= 11 is 0. The number of rotatable bonds is 6. The van der Waals surface area contributed by atoms with E-state index in [4.69, 9.17) is 4.74 Å². The van der Waals surface area contributed by atoms with Gasteiger partial charge in [-0.25, -0.2) is 4.99 Å². The summed E-state index contributed by atoms with van der Waals surface area (Å²) in [6.07, 6.45) is 3.84. The highest BCUT2D eigenvalue weighted by atomic mass is 127. The van der Waals surface area contributed by atoms with Gasteiger partial charge in [0.05, 0.1) is 13.7 Å². The molecule has 0 spiro atoms. The van der Waals surface area contributed by atoms with Gasteiger partial charge in [0.2, 0.25) is 0 Å². The first kappa shape index (κ1) is 21.1. The van der Waals surface area contributed by atoms with Crippen LogP contribution in [0.5, 0.6) is 11.5 Å². The van der Waals surface area contributed by atoms with Crippen LogP contribution in [-0.4, -0.2) is 54.3 Å². The molecule has 3 N–H and O–H groups in total. The zero-order valence-corrected chi connectivity index (χ0v) is 18.2. The topological polar surface area (TPSA) is 69.1 Å². The molecule has 2 aliphatic rings. The van der Waals surface area contributed by atoms with Crippen molar-refractivity contribution >= 4 is 29.9 Å². The molecule has 3 rings (SSSR count). The number of ether oxygens (including phenoxy) is 1. The van der Waals surface area contributed by atoms with Gasteiger partial charge in [0.15, 0.2) is 5.96 Å². The Kier molecular flexibility index (Phi) is 7.82. The molecule has 1 aromatic rings. The van der Waals surface area contributed by atoms with Crippen molar-refractivity contribution in [2.24, 2.45) is 4.99 Å². The van der Waals surface area contributed by atoms with Crippen LogP contribution in [0.25, 0.3) is 0 Å². The largest absolute Gasteiger partial charge is 0.508 e. The van der Waals surface area contributed by atoms with E-state index in [9.17, 15) is 5.11 Å². The number of aromatic hydroxyl groups is 1. The number of methoxy groups -OCH3 is 1. The van der Waals surface area contributed by atoms with Crippen molar-refractivity contribution in [2.75, 3.05) is 20.2 Å². The second-order valence-electron chi connectivity index (χ2n) is 7.04. The molecular formula is C19H31IN4O2. The number of phenolic OH excluding ortho intramolecular Hbond substituents is 1. The number of nitrogens with zero attached hydrogens (tertiary/aromatic N) is 2. The Morgan fingerprint density at radius 3 is 2.81 bits per heavy atom. The first-order valence-electron chi connectivity index (χ1n) is 9.27. The van der Waals surface area contributed by atoms with E-state index in [1.807, 2.05) is 6.07 Å². The van der Waals surface area contributed by atoms with Crippen molar-refractivity contribution < 1.29 is 9.84 Å². The van der Waals surface area contributed by atoms with Gasteiger partial charge in [-0.05, 0) is 51.3 Å². The van der Waals surface area contributed by atoms with Crippen LogP contribution in [0.3, 0.4) is 0 Å². The number of phenols is 1. The summed E-state index contributed by atoms with van der Waals surface area (Å²) < 4.78 is 5.23. The second kappa shape index (κ2) is 9.64. The number of halogens is 1. The minimum atomic E-state index is 0. The summed E-state index contributed by atoms with van der Waals surface area (Å²) in [6.45, 7) is 6.69. The summed E-state index contributed by atoms with van der Waals surface area (Å²) in [7, 11) is 1.62. The maximum Gasteiger partial charge on any atom is 0.191 e. The van der Waals surface area contributed by atoms with Crippen molar-refractivity contribution in [3.05, 3.63) is 23.8 Å². The van der Waals surface area contributed by atoms with Crippen molar-refractivity contribution in [3.8, 4) is 11.5 Å². The van der Waals surface area contributed by atoms with Gasteiger partial charge >= 0.3 is 0 Å². The fourth-order valence-electron chi connectivity index (χ4n) is 3.57. The Balaban J connectivity index is 0.00000243. The molecule has 26 heavy (non-hydrogen) atoms. The van der Waals surface area contributed by atoms with E-state index in [1.165, 1.54) is 12.8 Å². The molecule has 6 nitrogen and oxygen atoms in total. The summed E-state index contributed by atoms with van der Waals surface area (Å²) in [6, 6.07) is 7.08. The number of benzene rings is 1. The lowest BCUT2D eigenvalue weighted by Gasteiger charge is -2.20. The van der Waals surface area contributed by atoms with Gasteiger partial charge in [-0.15, -0.1) is 24.0 Å². The number of hydrogen-bond donors (Lipinski definition) is 3. The quantitative estimate of drug-likeness (QED) is 0.336. The molecule has 2 fully saturated rings. The molecule has 1 saturated heterocycles. The zero-order chi connectivity index (χ0) is 17.8. The molecule has 0 bridgehead atoms. The van der Waals surface area contributed by atoms with E-state index in [-0.39, 0.29) is 29.7 Å². The van der Waals surface area contributed by atoms with Gasteiger partial charge in [0.1, 0.15) is 11.5 Å². The minimum Gasteiger partial charge on any atom is -0.508 e. The molecular weight excluding hydrogens is 443 g/mol. The molecule has 146 valence electrons. The number of hydrogen-bond acceptors (Lipinski definition) is 4. The molecule has 1 aliphatic carbocycles. The minimum absolute atomic E-state index is 0. The molecule has 1 saturated carbocycles. The molecule has 0 radical (unpaired) electrons. The van der Waals surface area contributed by atoms with Gasteiger partial charge in [0, 0.05) is 36.8 Å². The average molecular weight is 474 g/mol. The molecule has 7 heteroatoms. The monoisotopic (exact) mass is 474 g/mol. The molecule has 0 amide bonds. The van der Waals surface area contributed by atoms with Crippen LogP contribution in [0.4, 0.5) is 0 Å². The molecule has 1 aromatic carbocycles. The summed E-state index contributed by atoms with van der Waals surface area (Å²) in [5, 5.41) is 16.9. The van der Waals surface area contributed by atoms with Crippen molar-refractivity contribution in [1.82, 2.24) is 15.5 Å². The smallest absolute Gasteiger partial charge is 0.191 e. The van der Waals surface area contributed by atoms with E-state index in [0.29, 0.717) is 18.6 Å². The normalized spacial score (nSPS) is 23.4. The number of nitrogens with one attached hydrogen (secondary N) is 2. The predicted octanol–water partition coefficient (Wildman–Crippen LogP) is 2.70. The predicted molar refractivity (Wildman–Crippen MR) is 116 cm³/mol.